The van der Waals surface area contributed by atoms with Gasteiger partial charge in [0.05, 0.1) is 15.6 Å². The molecule has 2 aliphatic rings. The number of amides is 1. The lowest BCUT2D eigenvalue weighted by atomic mass is 10.1. The number of nitrogens with one attached hydrogen (secondary N) is 1. The van der Waals surface area contributed by atoms with Crippen LogP contribution in [0.1, 0.15) is 11.1 Å². The van der Waals surface area contributed by atoms with Gasteiger partial charge in [0.1, 0.15) is 29.8 Å². The van der Waals surface area contributed by atoms with Crippen molar-refractivity contribution in [3.8, 4) is 11.5 Å². The molecule has 0 saturated heterocycles. The molecule has 0 fully saturated rings. The Kier molecular flexibility index (Phi) is 7.04. The summed E-state index contributed by atoms with van der Waals surface area (Å²) in [7, 11) is 0. The summed E-state index contributed by atoms with van der Waals surface area (Å²) in [6.07, 6.45) is 4.89. The molecule has 8 nitrogen and oxygen atoms in total. The quantitative estimate of drug-likeness (QED) is 0.315. The van der Waals surface area contributed by atoms with Crippen LogP contribution in [0.2, 0.25) is 10.0 Å². The molecule has 0 saturated carbocycles. The lowest BCUT2D eigenvalue weighted by Gasteiger charge is -2.20. The molecular weight excluding hydrogens is 521 g/mol. The molecule has 36 heavy (non-hydrogen) atoms. The van der Waals surface area contributed by atoms with E-state index < -0.39 is 5.91 Å². The van der Waals surface area contributed by atoms with Crippen molar-refractivity contribution in [3.63, 3.8) is 0 Å². The third-order valence-electron chi connectivity index (χ3n) is 5.07. The van der Waals surface area contributed by atoms with Crippen LogP contribution in [0.5, 0.6) is 11.5 Å². The molecule has 1 N–H and O–H groups in total. The topological polar surface area (TPSA) is 100 Å². The predicted octanol–water partition coefficient (Wildman–Crippen LogP) is 5.51. The van der Waals surface area contributed by atoms with Gasteiger partial charge < -0.3 is 9.47 Å². The molecule has 1 amide bonds. The molecule has 0 radical (unpaired) electrons. The fourth-order valence-electron chi connectivity index (χ4n) is 3.35. The van der Waals surface area contributed by atoms with Crippen molar-refractivity contribution in [1.29, 1.82) is 5.41 Å². The fourth-order valence-corrected chi connectivity index (χ4v) is 4.67. The van der Waals surface area contributed by atoms with Crippen LogP contribution in [-0.4, -0.2) is 45.2 Å². The highest BCUT2D eigenvalue weighted by Gasteiger charge is 2.36. The first-order valence-corrected chi connectivity index (χ1v) is 12.3. The van der Waals surface area contributed by atoms with E-state index in [1.807, 2.05) is 18.2 Å². The van der Waals surface area contributed by atoms with Gasteiger partial charge >= 0.3 is 0 Å². The third kappa shape index (κ3) is 5.13. The molecule has 2 aromatic carbocycles. The zero-order valence-electron chi connectivity index (χ0n) is 18.5. The first kappa shape index (κ1) is 24.1. The van der Waals surface area contributed by atoms with E-state index in [4.69, 9.17) is 38.1 Å². The maximum Gasteiger partial charge on any atom is 0.283 e. The average Bonchev–Trinajstić information content (AvgIpc) is 3.31. The standard InChI is InChI=1S/C25H17Cl2N5O3S/c26-18-5-1-2-6-20(18)34-10-11-35-21-8-7-15(13-19(21)27)12-17-22(28)32-25(30-23(17)33)36-24(31-32)16-4-3-9-29-14-16/h1-9,12-14,28H,10-11H2. The fraction of sp³-hybridized carbons (Fsp3) is 0.0800. The zero-order valence-corrected chi connectivity index (χ0v) is 20.8. The normalized spacial score (nSPS) is 16.1. The van der Waals surface area contributed by atoms with Gasteiger partial charge in [0.2, 0.25) is 5.17 Å². The number of nitrogens with zero attached hydrogens (tertiary/aromatic N) is 4. The Hall–Kier alpha value is -3.66. The molecule has 0 bridgehead atoms. The van der Waals surface area contributed by atoms with Crippen LogP contribution in [0.15, 0.2) is 82.7 Å². The predicted molar refractivity (Wildman–Crippen MR) is 142 cm³/mol. The van der Waals surface area contributed by atoms with Crippen LogP contribution in [0, 0.1) is 5.41 Å². The largest absolute Gasteiger partial charge is 0.488 e. The van der Waals surface area contributed by atoms with E-state index >= 15 is 0 Å². The summed E-state index contributed by atoms with van der Waals surface area (Å²) >= 11 is 13.7. The number of hydrogen-bond donors (Lipinski definition) is 1. The van der Waals surface area contributed by atoms with Crippen LogP contribution in [0.25, 0.3) is 6.08 Å². The number of benzene rings is 2. The second kappa shape index (κ2) is 10.5. The zero-order chi connectivity index (χ0) is 25.1. The number of hydrazone groups is 1. The van der Waals surface area contributed by atoms with Gasteiger partial charge in [-0.2, -0.15) is 15.1 Å². The van der Waals surface area contributed by atoms with Crippen molar-refractivity contribution < 1.29 is 14.3 Å². The third-order valence-corrected chi connectivity index (χ3v) is 6.63. The minimum atomic E-state index is -0.519. The molecule has 0 spiro atoms. The van der Waals surface area contributed by atoms with E-state index in [0.717, 1.165) is 5.56 Å². The molecule has 1 aromatic heterocycles. The van der Waals surface area contributed by atoms with Crippen LogP contribution in [-0.2, 0) is 4.79 Å². The molecule has 0 unspecified atom stereocenters. The number of para-hydroxylation sites is 1. The van der Waals surface area contributed by atoms with Gasteiger partial charge in [-0.25, -0.2) is 0 Å². The molecule has 0 aliphatic carbocycles. The summed E-state index contributed by atoms with van der Waals surface area (Å²) in [4.78, 5) is 20.9. The number of aliphatic imine (C=N–C) groups is 1. The number of rotatable bonds is 7. The van der Waals surface area contributed by atoms with Gasteiger partial charge in [-0.3, -0.25) is 15.2 Å². The number of fused-ring (bicyclic) bond motifs is 1. The average molecular weight is 538 g/mol. The smallest absolute Gasteiger partial charge is 0.283 e. The Morgan fingerprint density at radius 1 is 1.00 bits per heavy atom. The molecular formula is C25H17Cl2N5O3S. The summed E-state index contributed by atoms with van der Waals surface area (Å²) in [6, 6.07) is 15.9. The van der Waals surface area contributed by atoms with E-state index in [2.05, 4.69) is 15.1 Å². The van der Waals surface area contributed by atoms with E-state index in [1.54, 1.807) is 54.9 Å². The van der Waals surface area contributed by atoms with E-state index in [-0.39, 0.29) is 24.6 Å². The number of amidine groups is 2. The highest BCUT2D eigenvalue weighted by atomic mass is 35.5. The van der Waals surface area contributed by atoms with E-state index in [0.29, 0.717) is 37.3 Å². The Balaban J connectivity index is 1.26. The Labute approximate surface area is 220 Å². The Bertz CT molecular complexity index is 1440. The van der Waals surface area contributed by atoms with Gasteiger partial charge in [-0.05, 0) is 59.8 Å². The molecule has 5 rings (SSSR count). The van der Waals surface area contributed by atoms with Crippen molar-refractivity contribution in [2.24, 2.45) is 10.1 Å². The summed E-state index contributed by atoms with van der Waals surface area (Å²) in [5.41, 5.74) is 1.51. The maximum absolute atomic E-state index is 12.7. The van der Waals surface area contributed by atoms with Crippen molar-refractivity contribution >= 4 is 63.0 Å². The van der Waals surface area contributed by atoms with Crippen molar-refractivity contribution in [3.05, 3.63) is 93.7 Å². The van der Waals surface area contributed by atoms with Gasteiger partial charge in [-0.15, -0.1) is 0 Å². The second-order valence-corrected chi connectivity index (χ2v) is 9.25. The minimum Gasteiger partial charge on any atom is -0.488 e. The lowest BCUT2D eigenvalue weighted by molar-refractivity contribution is -0.114. The van der Waals surface area contributed by atoms with Crippen molar-refractivity contribution in [1.82, 2.24) is 9.99 Å². The highest BCUT2D eigenvalue weighted by molar-refractivity contribution is 8.27. The Morgan fingerprint density at radius 2 is 1.78 bits per heavy atom. The maximum atomic E-state index is 12.7. The van der Waals surface area contributed by atoms with Crippen LogP contribution in [0.4, 0.5) is 0 Å². The number of carbonyl (C=O) groups excluding carboxylic acids is 1. The van der Waals surface area contributed by atoms with Crippen molar-refractivity contribution in [2.75, 3.05) is 13.2 Å². The number of aromatic nitrogens is 1. The van der Waals surface area contributed by atoms with Crippen molar-refractivity contribution in [2.45, 2.75) is 0 Å². The first-order chi connectivity index (χ1) is 17.5. The van der Waals surface area contributed by atoms with Gasteiger partial charge in [0, 0.05) is 18.0 Å². The summed E-state index contributed by atoms with van der Waals surface area (Å²) in [6.45, 7) is 0.545. The monoisotopic (exact) mass is 537 g/mol. The molecule has 3 aromatic rings. The van der Waals surface area contributed by atoms with E-state index in [1.165, 1.54) is 16.8 Å². The molecule has 11 heteroatoms. The molecule has 0 atom stereocenters. The number of pyridine rings is 1. The van der Waals surface area contributed by atoms with Gasteiger partial charge in [0.25, 0.3) is 5.91 Å². The van der Waals surface area contributed by atoms with Crippen LogP contribution < -0.4 is 9.47 Å². The first-order valence-electron chi connectivity index (χ1n) is 10.7. The highest BCUT2D eigenvalue weighted by Crippen LogP contribution is 2.32. The number of thioether (sulfide) groups is 1. The summed E-state index contributed by atoms with van der Waals surface area (Å²) < 4.78 is 11.3. The minimum absolute atomic E-state index is 0.0652. The molecule has 3 heterocycles. The Morgan fingerprint density at radius 3 is 2.50 bits per heavy atom. The van der Waals surface area contributed by atoms with E-state index in [9.17, 15) is 4.79 Å². The number of halogens is 2. The number of hydrogen-bond acceptors (Lipinski definition) is 7. The number of ether oxygens (including phenoxy) is 2. The second-order valence-electron chi connectivity index (χ2n) is 7.48. The molecule has 180 valence electrons. The summed E-state index contributed by atoms with van der Waals surface area (Å²) in [5.74, 6) is 0.460. The van der Waals surface area contributed by atoms with Gasteiger partial charge in [0.15, 0.2) is 5.84 Å². The number of carbonyl (C=O) groups is 1. The van der Waals surface area contributed by atoms with Crippen LogP contribution in [0.3, 0.4) is 0 Å². The summed E-state index contributed by atoms with van der Waals surface area (Å²) in [5, 5.41) is 16.2. The molecule has 2 aliphatic heterocycles. The van der Waals surface area contributed by atoms with Crippen LogP contribution >= 0.6 is 35.0 Å². The lowest BCUT2D eigenvalue weighted by Crippen LogP contribution is -2.35. The SMILES string of the molecule is N=C1C(=Cc2ccc(OCCOc3ccccc3Cl)c(Cl)c2)C(=O)N=C2SC(c3cccnc3)=NN12. The van der Waals surface area contributed by atoms with Gasteiger partial charge in [-0.1, -0.05) is 41.4 Å².